The number of hydrogen-bond donors (Lipinski definition) is 0. The van der Waals surface area contributed by atoms with Crippen molar-refractivity contribution in [1.82, 2.24) is 14.7 Å². The van der Waals surface area contributed by atoms with Crippen molar-refractivity contribution in [3.05, 3.63) is 29.3 Å². The number of halogens is 6. The molecule has 7 atom stereocenters. The van der Waals surface area contributed by atoms with Gasteiger partial charge in [-0.25, -0.2) is 0 Å². The minimum Gasteiger partial charge on any atom is -0.494 e. The van der Waals surface area contributed by atoms with Gasteiger partial charge in [0.1, 0.15) is 5.75 Å². The molecule has 0 radical (unpaired) electrons. The first-order valence-corrected chi connectivity index (χ1v) is 18.5. The highest BCUT2D eigenvalue weighted by atomic mass is 19.4. The predicted molar refractivity (Wildman–Crippen MR) is 183 cm³/mol. The summed E-state index contributed by atoms with van der Waals surface area (Å²) in [5, 5.41) is 0. The van der Waals surface area contributed by atoms with Crippen LogP contribution in [0.1, 0.15) is 90.1 Å². The van der Waals surface area contributed by atoms with Crippen molar-refractivity contribution in [1.29, 1.82) is 0 Å². The molecular weight excluding hydrogens is 676 g/mol. The minimum absolute atomic E-state index is 0.0113. The van der Waals surface area contributed by atoms with Crippen LogP contribution in [-0.4, -0.2) is 118 Å². The normalized spacial score (nSPS) is 29.9. The maximum atomic E-state index is 13.4. The standard InChI is InChI=1S/C38H57F6N3O4/c1-35-17-16-30-29-13-11-28(50-20-7-18-46(4)26-9-10-27(23-26)49-6)22-25(29)8-12-31(30)32(35)14-15-33(35)47(5)34(48)24-45(3)19-21-51-36(2,37(39,40)41)38(42,43)44/h11,13,22,26-27,30-33H,7-10,12,14-21,23-24H2,1-6H3/t26?,27-,30?,31?,32?,33+,35+/m1/s1/i6D. The average Bonchev–Trinajstić information content (AvgIpc) is 3.69. The fourth-order valence-corrected chi connectivity index (χ4v) is 9.74. The summed E-state index contributed by atoms with van der Waals surface area (Å²) in [6.07, 6.45) is -1.03. The Balaban J connectivity index is 1.10. The van der Waals surface area contributed by atoms with E-state index in [1.54, 1.807) is 11.9 Å². The largest absolute Gasteiger partial charge is 0.494 e. The van der Waals surface area contributed by atoms with Crippen molar-refractivity contribution in [3.8, 4) is 5.75 Å². The SMILES string of the molecule is [2H]CO[C@@H]1CCC(N(C)CCCOc2ccc3c(c2)CCC2C3CC[C@@]3(C)C2CC[C@@H]3N(C)C(=O)CN(C)CCOC(C)(C(F)(F)F)C(F)(F)F)C1. The maximum Gasteiger partial charge on any atom is 0.426 e. The van der Waals surface area contributed by atoms with Crippen LogP contribution in [0.5, 0.6) is 5.75 Å². The number of benzene rings is 1. The van der Waals surface area contributed by atoms with Gasteiger partial charge in [-0.1, -0.05) is 13.0 Å². The summed E-state index contributed by atoms with van der Waals surface area (Å²) in [4.78, 5) is 19.0. The molecule has 290 valence electrons. The summed E-state index contributed by atoms with van der Waals surface area (Å²) in [5.41, 5.74) is -1.57. The second-order valence-electron chi connectivity index (χ2n) is 16.0. The lowest BCUT2D eigenvalue weighted by atomic mass is 9.55. The molecule has 0 saturated heterocycles. The van der Waals surface area contributed by atoms with E-state index in [9.17, 15) is 31.1 Å². The van der Waals surface area contributed by atoms with Gasteiger partial charge in [-0.3, -0.25) is 9.69 Å². The molecule has 4 aliphatic rings. The average molecular weight is 735 g/mol. The second kappa shape index (κ2) is 15.7. The maximum absolute atomic E-state index is 13.4. The van der Waals surface area contributed by atoms with Gasteiger partial charge in [0.05, 0.1) is 27.2 Å². The number of hydrogen-bond acceptors (Lipinski definition) is 6. The molecule has 1 amide bonds. The zero-order chi connectivity index (χ0) is 38.1. The van der Waals surface area contributed by atoms with Gasteiger partial charge in [-0.05, 0) is 132 Å². The highest BCUT2D eigenvalue weighted by molar-refractivity contribution is 5.78. The van der Waals surface area contributed by atoms with Crippen LogP contribution in [0.25, 0.3) is 0 Å². The molecule has 0 heterocycles. The summed E-state index contributed by atoms with van der Waals surface area (Å²) in [6.45, 7) is 2.68. The molecule has 0 aromatic heterocycles. The molecule has 51 heavy (non-hydrogen) atoms. The fraction of sp³-hybridized carbons (Fsp3) is 0.816. The molecule has 4 aliphatic carbocycles. The van der Waals surface area contributed by atoms with Crippen LogP contribution in [0.3, 0.4) is 0 Å². The van der Waals surface area contributed by atoms with Gasteiger partial charge in [0.15, 0.2) is 0 Å². The van der Waals surface area contributed by atoms with Gasteiger partial charge in [-0.2, -0.15) is 26.3 Å². The number of nitrogens with zero attached hydrogens (tertiary/aromatic N) is 3. The van der Waals surface area contributed by atoms with Crippen LogP contribution in [0.2, 0.25) is 0 Å². The first kappa shape index (κ1) is 38.6. The Bertz CT molecular complexity index is 1350. The number of aryl methyl sites for hydroxylation is 1. The number of amides is 1. The zero-order valence-electron chi connectivity index (χ0n) is 31.8. The molecular formula is C38H57F6N3O4. The molecule has 5 rings (SSSR count). The lowest BCUT2D eigenvalue weighted by Gasteiger charge is -2.52. The van der Waals surface area contributed by atoms with E-state index < -0.39 is 24.6 Å². The monoisotopic (exact) mass is 734 g/mol. The lowest BCUT2D eigenvalue weighted by Crippen LogP contribution is -2.57. The number of fused-ring (bicyclic) bond motifs is 5. The molecule has 0 spiro atoms. The Morgan fingerprint density at radius 2 is 1.73 bits per heavy atom. The number of carbonyl (C=O) groups is 1. The Hall–Kier alpha value is -2.09. The molecule has 1 aromatic rings. The van der Waals surface area contributed by atoms with E-state index in [4.69, 9.17) is 10.8 Å². The highest BCUT2D eigenvalue weighted by Gasteiger charge is 2.69. The van der Waals surface area contributed by atoms with Crippen LogP contribution in [0.15, 0.2) is 18.2 Å². The summed E-state index contributed by atoms with van der Waals surface area (Å²) < 4.78 is 102. The van der Waals surface area contributed by atoms with Crippen molar-refractivity contribution in [2.75, 3.05) is 61.1 Å². The van der Waals surface area contributed by atoms with Gasteiger partial charge in [0.25, 0.3) is 5.60 Å². The van der Waals surface area contributed by atoms with E-state index in [2.05, 4.69) is 41.8 Å². The Morgan fingerprint density at radius 3 is 2.43 bits per heavy atom. The third-order valence-corrected chi connectivity index (χ3v) is 13.0. The fourth-order valence-electron chi connectivity index (χ4n) is 9.74. The summed E-state index contributed by atoms with van der Waals surface area (Å²) in [5.74, 6) is 2.14. The van der Waals surface area contributed by atoms with Gasteiger partial charge >= 0.3 is 12.4 Å². The topological polar surface area (TPSA) is 54.5 Å². The van der Waals surface area contributed by atoms with E-state index in [-0.39, 0.29) is 50.6 Å². The van der Waals surface area contributed by atoms with E-state index in [0.29, 0.717) is 30.4 Å². The van der Waals surface area contributed by atoms with Gasteiger partial charge in [-0.15, -0.1) is 0 Å². The molecule has 3 saturated carbocycles. The van der Waals surface area contributed by atoms with Crippen LogP contribution in [0.4, 0.5) is 26.3 Å². The molecule has 0 N–H and O–H groups in total. The smallest absolute Gasteiger partial charge is 0.426 e. The van der Waals surface area contributed by atoms with Crippen molar-refractivity contribution in [2.24, 2.45) is 17.3 Å². The Morgan fingerprint density at radius 1 is 0.980 bits per heavy atom. The molecule has 7 nitrogen and oxygen atoms in total. The van der Waals surface area contributed by atoms with Crippen molar-refractivity contribution < 1.29 is 46.7 Å². The van der Waals surface area contributed by atoms with E-state index in [1.165, 1.54) is 23.1 Å². The highest BCUT2D eigenvalue weighted by Crippen LogP contribution is 2.62. The van der Waals surface area contributed by atoms with Gasteiger partial charge in [0, 0.05) is 39.3 Å². The summed E-state index contributed by atoms with van der Waals surface area (Å²) in [6, 6.07) is 7.10. The number of alkyl halides is 6. The zero-order valence-corrected chi connectivity index (χ0v) is 30.8. The lowest BCUT2D eigenvalue weighted by molar-refractivity contribution is -0.374. The van der Waals surface area contributed by atoms with E-state index >= 15 is 0 Å². The van der Waals surface area contributed by atoms with E-state index in [0.717, 1.165) is 76.5 Å². The number of methoxy groups -OCH3 is 1. The van der Waals surface area contributed by atoms with Crippen molar-refractivity contribution in [2.45, 2.75) is 120 Å². The van der Waals surface area contributed by atoms with Crippen LogP contribution in [0, 0.1) is 17.3 Å². The number of ether oxygens (including phenoxy) is 3. The Kier molecular flexibility index (Phi) is 11.9. The summed E-state index contributed by atoms with van der Waals surface area (Å²) >= 11 is 0. The second-order valence-corrected chi connectivity index (χ2v) is 16.0. The van der Waals surface area contributed by atoms with E-state index in [1.807, 2.05) is 0 Å². The molecule has 0 aliphatic heterocycles. The predicted octanol–water partition coefficient (Wildman–Crippen LogP) is 7.47. The minimum atomic E-state index is -5.62. The molecule has 13 heteroatoms. The van der Waals surface area contributed by atoms with Gasteiger partial charge in [0.2, 0.25) is 5.91 Å². The summed E-state index contributed by atoms with van der Waals surface area (Å²) in [7, 11) is 5.46. The third-order valence-electron chi connectivity index (χ3n) is 13.0. The van der Waals surface area contributed by atoms with Crippen molar-refractivity contribution in [3.63, 3.8) is 0 Å². The van der Waals surface area contributed by atoms with Crippen LogP contribution < -0.4 is 4.74 Å². The molecule has 1 aromatic carbocycles. The van der Waals surface area contributed by atoms with Crippen LogP contribution >= 0.6 is 0 Å². The number of rotatable bonds is 14. The quantitative estimate of drug-likeness (QED) is 0.146. The molecule has 4 unspecified atom stereocenters. The van der Waals surface area contributed by atoms with Crippen LogP contribution in [-0.2, 0) is 20.7 Å². The molecule has 3 fully saturated rings. The number of likely N-dealkylation sites (N-methyl/N-ethyl adjacent to an activating group) is 2. The number of carbonyl (C=O) groups excluding carboxylic acids is 1. The Labute approximate surface area is 300 Å². The first-order valence-electron chi connectivity index (χ1n) is 19.2. The molecule has 0 bridgehead atoms. The third kappa shape index (κ3) is 8.36. The van der Waals surface area contributed by atoms with Crippen molar-refractivity contribution >= 4 is 5.91 Å². The first-order chi connectivity index (χ1) is 24.4. The van der Waals surface area contributed by atoms with Gasteiger partial charge < -0.3 is 24.0 Å².